The third-order valence-corrected chi connectivity index (χ3v) is 2.54. The number of rotatable bonds is 2. The number of carbonyl (C=O) groups excluding carboxylic acids is 1. The molecule has 82 valence electrons. The van der Waals surface area contributed by atoms with E-state index in [0.29, 0.717) is 24.8 Å². The van der Waals surface area contributed by atoms with Gasteiger partial charge in [-0.3, -0.25) is 9.69 Å². The predicted octanol–water partition coefficient (Wildman–Crippen LogP) is 1.54. The van der Waals surface area contributed by atoms with Gasteiger partial charge in [-0.2, -0.15) is 4.98 Å². The molecule has 1 atom stereocenters. The third-order valence-electron chi connectivity index (χ3n) is 2.24. The molecule has 0 radical (unpaired) electrons. The van der Waals surface area contributed by atoms with E-state index in [1.807, 2.05) is 13.8 Å². The summed E-state index contributed by atoms with van der Waals surface area (Å²) < 4.78 is 5.02. The van der Waals surface area contributed by atoms with Gasteiger partial charge in [-0.05, 0) is 5.16 Å². The van der Waals surface area contributed by atoms with E-state index in [4.69, 9.17) is 16.1 Å². The van der Waals surface area contributed by atoms with E-state index in [9.17, 15) is 4.79 Å². The maximum absolute atomic E-state index is 11.5. The van der Waals surface area contributed by atoms with Gasteiger partial charge < -0.3 is 4.52 Å². The minimum absolute atomic E-state index is 0.0499. The third kappa shape index (κ3) is 1.97. The summed E-state index contributed by atoms with van der Waals surface area (Å²) in [6.07, 6.45) is 0.340. The van der Waals surface area contributed by atoms with Crippen molar-refractivity contribution in [1.82, 2.24) is 10.1 Å². The van der Waals surface area contributed by atoms with Gasteiger partial charge in [0.15, 0.2) is 0 Å². The van der Waals surface area contributed by atoms with E-state index in [1.54, 1.807) is 0 Å². The molecular weight excluding hydrogens is 218 g/mol. The van der Waals surface area contributed by atoms with Gasteiger partial charge in [-0.25, -0.2) is 0 Å². The molecule has 0 bridgehead atoms. The molecule has 1 amide bonds. The van der Waals surface area contributed by atoms with Crippen LogP contribution in [-0.2, 0) is 4.79 Å². The SMILES string of the molecule is CC(C)c1nc(N2CC(Cl)CC2=O)no1. The lowest BCUT2D eigenvalue weighted by molar-refractivity contribution is -0.117. The molecule has 1 aliphatic heterocycles. The molecule has 1 aliphatic rings. The first-order valence-electron chi connectivity index (χ1n) is 4.86. The number of hydrogen-bond donors (Lipinski definition) is 0. The van der Waals surface area contributed by atoms with Crippen molar-refractivity contribution in [2.45, 2.75) is 31.6 Å². The molecule has 0 aromatic carbocycles. The number of amides is 1. The second kappa shape index (κ2) is 3.81. The maximum atomic E-state index is 11.5. The number of hydrogen-bond acceptors (Lipinski definition) is 4. The normalized spacial score (nSPS) is 21.7. The van der Waals surface area contributed by atoms with Crippen molar-refractivity contribution >= 4 is 23.5 Å². The van der Waals surface area contributed by atoms with Gasteiger partial charge in [-0.15, -0.1) is 11.6 Å². The fraction of sp³-hybridized carbons (Fsp3) is 0.667. The Morgan fingerprint density at radius 2 is 2.33 bits per heavy atom. The molecule has 1 unspecified atom stereocenters. The highest BCUT2D eigenvalue weighted by Gasteiger charge is 2.32. The lowest BCUT2D eigenvalue weighted by atomic mass is 10.2. The lowest BCUT2D eigenvalue weighted by Gasteiger charge is -2.08. The van der Waals surface area contributed by atoms with Crippen LogP contribution >= 0.6 is 11.6 Å². The molecule has 2 rings (SSSR count). The summed E-state index contributed by atoms with van der Waals surface area (Å²) in [5, 5.41) is 3.61. The van der Waals surface area contributed by atoms with Crippen LogP contribution in [0.4, 0.5) is 5.95 Å². The standard InChI is InChI=1S/C9H12ClN3O2/c1-5(2)8-11-9(12-15-8)13-4-6(10)3-7(13)14/h5-6H,3-4H2,1-2H3. The molecule has 0 spiro atoms. The molecule has 6 heteroatoms. The van der Waals surface area contributed by atoms with Crippen molar-refractivity contribution in [3.05, 3.63) is 5.89 Å². The van der Waals surface area contributed by atoms with E-state index in [2.05, 4.69) is 10.1 Å². The first kappa shape index (κ1) is 10.4. The molecule has 15 heavy (non-hydrogen) atoms. The van der Waals surface area contributed by atoms with Crippen LogP contribution in [0.1, 0.15) is 32.1 Å². The highest BCUT2D eigenvalue weighted by Crippen LogP contribution is 2.23. The van der Waals surface area contributed by atoms with Crippen LogP contribution in [0.2, 0.25) is 0 Å². The number of aromatic nitrogens is 2. The minimum Gasteiger partial charge on any atom is -0.337 e. The summed E-state index contributed by atoms with van der Waals surface area (Å²) in [7, 11) is 0. The van der Waals surface area contributed by atoms with Gasteiger partial charge in [-0.1, -0.05) is 13.8 Å². The Morgan fingerprint density at radius 1 is 1.60 bits per heavy atom. The summed E-state index contributed by atoms with van der Waals surface area (Å²) >= 11 is 5.87. The average molecular weight is 230 g/mol. The summed E-state index contributed by atoms with van der Waals surface area (Å²) in [5.74, 6) is 0.976. The highest BCUT2D eigenvalue weighted by atomic mass is 35.5. The van der Waals surface area contributed by atoms with Crippen LogP contribution in [-0.4, -0.2) is 28.0 Å². The smallest absolute Gasteiger partial charge is 0.272 e. The van der Waals surface area contributed by atoms with Gasteiger partial charge in [0, 0.05) is 18.9 Å². The van der Waals surface area contributed by atoms with Crippen LogP contribution in [0, 0.1) is 0 Å². The molecule has 1 aromatic rings. The van der Waals surface area contributed by atoms with Gasteiger partial charge in [0.1, 0.15) is 0 Å². The molecule has 1 saturated heterocycles. The molecule has 5 nitrogen and oxygen atoms in total. The first-order chi connectivity index (χ1) is 7.08. The predicted molar refractivity (Wildman–Crippen MR) is 55.0 cm³/mol. The zero-order chi connectivity index (χ0) is 11.0. The Morgan fingerprint density at radius 3 is 2.80 bits per heavy atom. The Labute approximate surface area is 92.4 Å². The van der Waals surface area contributed by atoms with E-state index >= 15 is 0 Å². The van der Waals surface area contributed by atoms with E-state index < -0.39 is 0 Å². The van der Waals surface area contributed by atoms with E-state index in [-0.39, 0.29) is 17.2 Å². The molecule has 1 aromatic heterocycles. The Bertz CT molecular complexity index is 377. The molecule has 0 saturated carbocycles. The fourth-order valence-corrected chi connectivity index (χ4v) is 1.70. The average Bonchev–Trinajstić information content (AvgIpc) is 2.71. The highest BCUT2D eigenvalue weighted by molar-refractivity contribution is 6.24. The zero-order valence-electron chi connectivity index (χ0n) is 8.61. The first-order valence-corrected chi connectivity index (χ1v) is 5.29. The quantitative estimate of drug-likeness (QED) is 0.722. The van der Waals surface area contributed by atoms with Crippen molar-refractivity contribution in [3.8, 4) is 0 Å². The van der Waals surface area contributed by atoms with Crippen LogP contribution in [0.3, 0.4) is 0 Å². The van der Waals surface area contributed by atoms with Gasteiger partial charge >= 0.3 is 0 Å². The Hall–Kier alpha value is -1.10. The second-order valence-electron chi connectivity index (χ2n) is 3.89. The molecule has 1 fully saturated rings. The molecule has 0 aliphatic carbocycles. The van der Waals surface area contributed by atoms with Crippen LogP contribution < -0.4 is 4.90 Å². The van der Waals surface area contributed by atoms with Crippen LogP contribution in [0.5, 0.6) is 0 Å². The summed E-state index contributed by atoms with van der Waals surface area (Å²) in [4.78, 5) is 17.1. The van der Waals surface area contributed by atoms with Crippen molar-refractivity contribution in [3.63, 3.8) is 0 Å². The largest absolute Gasteiger partial charge is 0.337 e. The lowest BCUT2D eigenvalue weighted by Crippen LogP contribution is -2.25. The van der Waals surface area contributed by atoms with Crippen LogP contribution in [0.15, 0.2) is 4.52 Å². The van der Waals surface area contributed by atoms with Crippen molar-refractivity contribution in [1.29, 1.82) is 0 Å². The second-order valence-corrected chi connectivity index (χ2v) is 4.51. The number of carbonyl (C=O) groups is 1. The maximum Gasteiger partial charge on any atom is 0.272 e. The number of anilines is 1. The number of nitrogens with zero attached hydrogens (tertiary/aromatic N) is 3. The fourth-order valence-electron chi connectivity index (χ4n) is 1.43. The van der Waals surface area contributed by atoms with Gasteiger partial charge in [0.25, 0.3) is 5.95 Å². The number of alkyl halides is 1. The molecular formula is C9H12ClN3O2. The van der Waals surface area contributed by atoms with Crippen molar-refractivity contribution in [2.24, 2.45) is 0 Å². The monoisotopic (exact) mass is 229 g/mol. The van der Waals surface area contributed by atoms with Crippen molar-refractivity contribution < 1.29 is 9.32 Å². The summed E-state index contributed by atoms with van der Waals surface area (Å²) in [6.45, 7) is 4.36. The summed E-state index contributed by atoms with van der Waals surface area (Å²) in [6, 6.07) is 0. The van der Waals surface area contributed by atoms with Gasteiger partial charge in [0.05, 0.1) is 5.38 Å². The van der Waals surface area contributed by atoms with E-state index in [0.717, 1.165) is 0 Å². The number of halogens is 1. The van der Waals surface area contributed by atoms with Crippen molar-refractivity contribution in [2.75, 3.05) is 11.4 Å². The Kier molecular flexibility index (Phi) is 2.65. The minimum atomic E-state index is -0.154. The van der Waals surface area contributed by atoms with E-state index in [1.165, 1.54) is 4.90 Å². The van der Waals surface area contributed by atoms with Crippen LogP contribution in [0.25, 0.3) is 0 Å². The molecule has 0 N–H and O–H groups in total. The zero-order valence-corrected chi connectivity index (χ0v) is 9.36. The van der Waals surface area contributed by atoms with Gasteiger partial charge in [0.2, 0.25) is 11.8 Å². The molecule has 2 heterocycles. The summed E-state index contributed by atoms with van der Waals surface area (Å²) in [5.41, 5.74) is 0. The topological polar surface area (TPSA) is 59.2 Å². The Balaban J connectivity index is 2.19.